The minimum absolute atomic E-state index is 0.0655. The molecule has 0 saturated carbocycles. The number of benzene rings is 2. The van der Waals surface area contributed by atoms with Crippen molar-refractivity contribution in [1.82, 2.24) is 10.9 Å². The SMILES string of the molecule is CCc1ccccc1NC(=S)NNC(=S)Nc1ccccc1[N+](=O)[O-]. The van der Waals surface area contributed by atoms with Gasteiger partial charge in [0.1, 0.15) is 5.69 Å². The minimum atomic E-state index is -0.480. The van der Waals surface area contributed by atoms with Gasteiger partial charge in [0.05, 0.1) is 4.92 Å². The third-order valence-electron chi connectivity index (χ3n) is 3.28. The van der Waals surface area contributed by atoms with Gasteiger partial charge in [-0.25, -0.2) is 0 Å². The van der Waals surface area contributed by atoms with E-state index in [1.807, 2.05) is 24.3 Å². The minimum Gasteiger partial charge on any atom is -0.331 e. The van der Waals surface area contributed by atoms with E-state index in [1.54, 1.807) is 18.2 Å². The molecule has 0 fully saturated rings. The van der Waals surface area contributed by atoms with Gasteiger partial charge in [-0.15, -0.1) is 0 Å². The third kappa shape index (κ3) is 5.37. The van der Waals surface area contributed by atoms with Crippen LogP contribution in [0.5, 0.6) is 0 Å². The van der Waals surface area contributed by atoms with Crippen molar-refractivity contribution in [2.75, 3.05) is 10.6 Å². The van der Waals surface area contributed by atoms with Gasteiger partial charge in [-0.2, -0.15) is 0 Å². The van der Waals surface area contributed by atoms with E-state index in [1.165, 1.54) is 6.07 Å². The van der Waals surface area contributed by atoms with E-state index in [0.29, 0.717) is 10.8 Å². The molecular weight excluding hydrogens is 358 g/mol. The number of thiocarbonyl (C=S) groups is 2. The number of nitro benzene ring substituents is 1. The standard InChI is InChI=1S/C16H17N5O2S2/c1-2-11-7-3-4-8-12(11)17-15(24)19-20-16(25)18-13-9-5-6-10-14(13)21(22)23/h3-10H,2H2,1H3,(H2,17,19,24)(H2,18,20,25). The lowest BCUT2D eigenvalue weighted by atomic mass is 10.1. The molecule has 7 nitrogen and oxygen atoms in total. The van der Waals surface area contributed by atoms with Crippen LogP contribution in [0.4, 0.5) is 17.1 Å². The molecule has 0 aliphatic rings. The molecule has 0 spiro atoms. The molecule has 0 heterocycles. The Kier molecular flexibility index (Phi) is 6.61. The number of anilines is 2. The molecule has 130 valence electrons. The van der Waals surface area contributed by atoms with Crippen molar-refractivity contribution in [2.24, 2.45) is 0 Å². The average Bonchev–Trinajstić information content (AvgIpc) is 2.60. The van der Waals surface area contributed by atoms with E-state index < -0.39 is 4.92 Å². The normalized spacial score (nSPS) is 9.80. The highest BCUT2D eigenvalue weighted by atomic mass is 32.1. The van der Waals surface area contributed by atoms with E-state index in [-0.39, 0.29) is 10.8 Å². The smallest absolute Gasteiger partial charge is 0.292 e. The van der Waals surface area contributed by atoms with Crippen molar-refractivity contribution in [1.29, 1.82) is 0 Å². The van der Waals surface area contributed by atoms with Gasteiger partial charge >= 0.3 is 0 Å². The van der Waals surface area contributed by atoms with Gasteiger partial charge < -0.3 is 10.6 Å². The van der Waals surface area contributed by atoms with Crippen molar-refractivity contribution in [3.63, 3.8) is 0 Å². The fraction of sp³-hybridized carbons (Fsp3) is 0.125. The number of hydrogen-bond acceptors (Lipinski definition) is 4. The van der Waals surface area contributed by atoms with Crippen molar-refractivity contribution in [3.05, 3.63) is 64.2 Å². The predicted octanol–water partition coefficient (Wildman–Crippen LogP) is 3.35. The summed E-state index contributed by atoms with van der Waals surface area (Å²) >= 11 is 10.3. The zero-order chi connectivity index (χ0) is 18.2. The summed E-state index contributed by atoms with van der Waals surface area (Å²) in [6.45, 7) is 2.06. The quantitative estimate of drug-likeness (QED) is 0.367. The van der Waals surface area contributed by atoms with Crippen LogP contribution in [0.15, 0.2) is 48.5 Å². The highest BCUT2D eigenvalue weighted by Gasteiger charge is 2.13. The van der Waals surface area contributed by atoms with E-state index in [2.05, 4.69) is 28.4 Å². The lowest BCUT2D eigenvalue weighted by molar-refractivity contribution is -0.383. The Bertz CT molecular complexity index is 798. The lowest BCUT2D eigenvalue weighted by Crippen LogP contribution is -2.45. The largest absolute Gasteiger partial charge is 0.331 e. The van der Waals surface area contributed by atoms with Crippen LogP contribution >= 0.6 is 24.4 Å². The first kappa shape index (κ1) is 18.6. The Labute approximate surface area is 155 Å². The molecule has 2 aromatic rings. The summed E-state index contributed by atoms with van der Waals surface area (Å²) in [6, 6.07) is 14.0. The Morgan fingerprint density at radius 2 is 1.48 bits per heavy atom. The molecule has 0 aromatic heterocycles. The maximum atomic E-state index is 11.0. The Balaban J connectivity index is 1.90. The molecule has 4 N–H and O–H groups in total. The molecule has 0 aliphatic carbocycles. The molecule has 0 radical (unpaired) electrons. The second-order valence-corrected chi connectivity index (χ2v) is 5.76. The summed E-state index contributed by atoms with van der Waals surface area (Å²) in [5, 5.41) is 17.3. The summed E-state index contributed by atoms with van der Waals surface area (Å²) in [7, 11) is 0. The number of hydrogen-bond donors (Lipinski definition) is 4. The number of aryl methyl sites for hydroxylation is 1. The van der Waals surface area contributed by atoms with Crippen LogP contribution in [0.3, 0.4) is 0 Å². The molecule has 0 amide bonds. The summed E-state index contributed by atoms with van der Waals surface area (Å²) in [4.78, 5) is 10.5. The zero-order valence-corrected chi connectivity index (χ0v) is 15.0. The van der Waals surface area contributed by atoms with Crippen molar-refractivity contribution in [2.45, 2.75) is 13.3 Å². The maximum absolute atomic E-state index is 11.0. The molecule has 0 atom stereocenters. The van der Waals surface area contributed by atoms with Gasteiger partial charge in [-0.3, -0.25) is 21.0 Å². The molecule has 0 unspecified atom stereocenters. The van der Waals surface area contributed by atoms with Crippen LogP contribution in [0.25, 0.3) is 0 Å². The van der Waals surface area contributed by atoms with Gasteiger partial charge in [0.25, 0.3) is 5.69 Å². The van der Waals surface area contributed by atoms with Crippen LogP contribution < -0.4 is 21.5 Å². The number of nitrogens with zero attached hydrogens (tertiary/aromatic N) is 1. The molecule has 0 bridgehead atoms. The number of nitrogens with one attached hydrogen (secondary N) is 4. The Morgan fingerprint density at radius 1 is 0.960 bits per heavy atom. The highest BCUT2D eigenvalue weighted by molar-refractivity contribution is 7.81. The van der Waals surface area contributed by atoms with E-state index in [4.69, 9.17) is 24.4 Å². The van der Waals surface area contributed by atoms with Crippen LogP contribution in [-0.4, -0.2) is 15.1 Å². The summed E-state index contributed by atoms with van der Waals surface area (Å²) in [5.41, 5.74) is 7.71. The van der Waals surface area contributed by atoms with Crippen LogP contribution in [0.1, 0.15) is 12.5 Å². The molecule has 2 rings (SSSR count). The van der Waals surface area contributed by atoms with E-state index in [0.717, 1.165) is 17.7 Å². The third-order valence-corrected chi connectivity index (χ3v) is 3.69. The summed E-state index contributed by atoms with van der Waals surface area (Å²) in [6.07, 6.45) is 0.872. The van der Waals surface area contributed by atoms with Crippen LogP contribution in [0, 0.1) is 10.1 Å². The van der Waals surface area contributed by atoms with Crippen molar-refractivity contribution in [3.8, 4) is 0 Å². The first-order valence-corrected chi connectivity index (χ1v) is 8.28. The average molecular weight is 375 g/mol. The second-order valence-electron chi connectivity index (χ2n) is 4.94. The van der Waals surface area contributed by atoms with Gasteiger partial charge in [-0.1, -0.05) is 37.3 Å². The topological polar surface area (TPSA) is 91.3 Å². The Morgan fingerprint density at radius 3 is 2.08 bits per heavy atom. The molecule has 0 saturated heterocycles. The first-order valence-electron chi connectivity index (χ1n) is 7.46. The van der Waals surface area contributed by atoms with Crippen molar-refractivity contribution >= 4 is 51.7 Å². The monoisotopic (exact) mass is 375 g/mol. The Hall–Kier alpha value is -2.78. The van der Waals surface area contributed by atoms with Crippen LogP contribution in [-0.2, 0) is 6.42 Å². The molecule has 25 heavy (non-hydrogen) atoms. The summed E-state index contributed by atoms with van der Waals surface area (Å²) in [5.74, 6) is 0. The zero-order valence-electron chi connectivity index (χ0n) is 13.4. The highest BCUT2D eigenvalue weighted by Crippen LogP contribution is 2.22. The number of rotatable bonds is 4. The molecular formula is C16H17N5O2S2. The predicted molar refractivity (Wildman–Crippen MR) is 108 cm³/mol. The van der Waals surface area contributed by atoms with Gasteiger partial charge in [0.2, 0.25) is 0 Å². The fourth-order valence-corrected chi connectivity index (χ4v) is 2.43. The second kappa shape index (κ2) is 8.90. The fourth-order valence-electron chi connectivity index (χ4n) is 2.11. The number of nitro groups is 1. The van der Waals surface area contributed by atoms with Crippen molar-refractivity contribution < 1.29 is 4.92 Å². The molecule has 9 heteroatoms. The summed E-state index contributed by atoms with van der Waals surface area (Å²) < 4.78 is 0. The first-order chi connectivity index (χ1) is 12.0. The van der Waals surface area contributed by atoms with E-state index in [9.17, 15) is 10.1 Å². The molecule has 0 aliphatic heterocycles. The van der Waals surface area contributed by atoms with Gasteiger partial charge in [-0.05, 0) is 48.6 Å². The van der Waals surface area contributed by atoms with Crippen LogP contribution in [0.2, 0.25) is 0 Å². The number of hydrazine groups is 1. The van der Waals surface area contributed by atoms with Gasteiger partial charge in [0.15, 0.2) is 10.2 Å². The van der Waals surface area contributed by atoms with E-state index >= 15 is 0 Å². The lowest BCUT2D eigenvalue weighted by Gasteiger charge is -2.15. The van der Waals surface area contributed by atoms with Gasteiger partial charge in [0, 0.05) is 11.8 Å². The molecule has 2 aromatic carbocycles. The maximum Gasteiger partial charge on any atom is 0.292 e. The number of para-hydroxylation sites is 3.